The van der Waals surface area contributed by atoms with Gasteiger partial charge in [-0.3, -0.25) is 14.4 Å². The molecule has 0 aliphatic heterocycles. The number of fused-ring (bicyclic) bond motifs is 1. The van der Waals surface area contributed by atoms with Crippen LogP contribution in [-0.4, -0.2) is 20.9 Å². The number of nitrogens with zero attached hydrogens (tertiary/aromatic N) is 3. The number of aliphatic imine (C=N–C) groups is 1. The van der Waals surface area contributed by atoms with Gasteiger partial charge in [-0.1, -0.05) is 48.5 Å². The van der Waals surface area contributed by atoms with Gasteiger partial charge in [0.1, 0.15) is 11.3 Å². The van der Waals surface area contributed by atoms with E-state index in [2.05, 4.69) is 9.98 Å². The maximum Gasteiger partial charge on any atom is 0.269 e. The Morgan fingerprint density at radius 1 is 0.963 bits per heavy atom. The molecule has 2 aromatic heterocycles. The first-order valence-corrected chi connectivity index (χ1v) is 8.57. The number of aromatic hydroxyl groups is 1. The summed E-state index contributed by atoms with van der Waals surface area (Å²) in [6.07, 6.45) is 3.04. The maximum atomic E-state index is 13.1. The van der Waals surface area contributed by atoms with Crippen molar-refractivity contribution in [3.8, 4) is 11.4 Å². The predicted molar refractivity (Wildman–Crippen MR) is 107 cm³/mol. The highest BCUT2D eigenvalue weighted by molar-refractivity contribution is 5.94. The predicted octanol–water partition coefficient (Wildman–Crippen LogP) is 3.71. The monoisotopic (exact) mass is 355 g/mol. The van der Waals surface area contributed by atoms with Gasteiger partial charge in [0, 0.05) is 12.4 Å². The molecule has 27 heavy (non-hydrogen) atoms. The highest BCUT2D eigenvalue weighted by Gasteiger charge is 2.16. The first kappa shape index (κ1) is 16.7. The molecular formula is C22H17N3O2. The van der Waals surface area contributed by atoms with Crippen molar-refractivity contribution in [3.63, 3.8) is 0 Å². The van der Waals surface area contributed by atoms with Crippen molar-refractivity contribution in [3.05, 3.63) is 100 Å². The molecule has 4 rings (SSSR count). The number of aromatic nitrogens is 2. The molecule has 2 aromatic carbocycles. The summed E-state index contributed by atoms with van der Waals surface area (Å²) in [5.41, 5.74) is 1.91. The van der Waals surface area contributed by atoms with Crippen LogP contribution in [-0.2, 0) is 6.54 Å². The molecule has 0 bridgehead atoms. The summed E-state index contributed by atoms with van der Waals surface area (Å²) in [4.78, 5) is 21.8. The van der Waals surface area contributed by atoms with Gasteiger partial charge in [0.2, 0.25) is 0 Å². The van der Waals surface area contributed by atoms with E-state index in [0.717, 1.165) is 5.56 Å². The summed E-state index contributed by atoms with van der Waals surface area (Å²) in [6, 6.07) is 22.5. The number of hydrogen-bond acceptors (Lipinski definition) is 4. The van der Waals surface area contributed by atoms with Crippen molar-refractivity contribution < 1.29 is 5.11 Å². The number of rotatable bonds is 4. The third kappa shape index (κ3) is 3.22. The van der Waals surface area contributed by atoms with Crippen LogP contribution in [0.4, 0.5) is 0 Å². The van der Waals surface area contributed by atoms with Gasteiger partial charge in [-0.2, -0.15) is 0 Å². The molecule has 132 valence electrons. The zero-order valence-corrected chi connectivity index (χ0v) is 14.5. The summed E-state index contributed by atoms with van der Waals surface area (Å²) >= 11 is 0. The first-order chi connectivity index (χ1) is 13.3. The van der Waals surface area contributed by atoms with E-state index in [1.54, 1.807) is 18.3 Å². The van der Waals surface area contributed by atoms with Gasteiger partial charge in [-0.05, 0) is 29.8 Å². The van der Waals surface area contributed by atoms with Crippen molar-refractivity contribution in [1.82, 2.24) is 9.55 Å². The van der Waals surface area contributed by atoms with E-state index in [1.165, 1.54) is 10.8 Å². The number of benzene rings is 2. The minimum Gasteiger partial charge on any atom is -0.506 e. The van der Waals surface area contributed by atoms with Crippen LogP contribution in [0, 0.1) is 0 Å². The molecule has 0 aliphatic carbocycles. The van der Waals surface area contributed by atoms with Gasteiger partial charge in [0.15, 0.2) is 5.65 Å². The van der Waals surface area contributed by atoms with Crippen LogP contribution >= 0.6 is 0 Å². The second-order valence-corrected chi connectivity index (χ2v) is 6.07. The Morgan fingerprint density at radius 3 is 2.41 bits per heavy atom. The molecular weight excluding hydrogens is 338 g/mol. The summed E-state index contributed by atoms with van der Waals surface area (Å²) < 4.78 is 1.50. The topological polar surface area (TPSA) is 67.5 Å². The number of pyridine rings is 2. The van der Waals surface area contributed by atoms with Crippen molar-refractivity contribution in [2.75, 3.05) is 0 Å². The molecule has 0 amide bonds. The second-order valence-electron chi connectivity index (χ2n) is 6.07. The fourth-order valence-corrected chi connectivity index (χ4v) is 2.98. The van der Waals surface area contributed by atoms with E-state index in [4.69, 9.17) is 0 Å². The molecule has 0 fully saturated rings. The Hall–Kier alpha value is -3.73. The highest BCUT2D eigenvalue weighted by atomic mass is 16.3. The largest absolute Gasteiger partial charge is 0.506 e. The van der Waals surface area contributed by atoms with Gasteiger partial charge >= 0.3 is 0 Å². The normalized spacial score (nSPS) is 11.3. The van der Waals surface area contributed by atoms with Crippen LogP contribution in [0.25, 0.3) is 16.7 Å². The van der Waals surface area contributed by atoms with Crippen LogP contribution in [0.15, 0.2) is 88.8 Å². The van der Waals surface area contributed by atoms with Gasteiger partial charge in [-0.15, -0.1) is 0 Å². The molecule has 0 unspecified atom stereocenters. The van der Waals surface area contributed by atoms with Crippen LogP contribution in [0.3, 0.4) is 0 Å². The van der Waals surface area contributed by atoms with Crippen LogP contribution < -0.4 is 5.56 Å². The minimum absolute atomic E-state index is 0.105. The summed E-state index contributed by atoms with van der Waals surface area (Å²) in [7, 11) is 0. The number of para-hydroxylation sites is 1. The van der Waals surface area contributed by atoms with Crippen molar-refractivity contribution in [2.45, 2.75) is 6.54 Å². The molecule has 1 N–H and O–H groups in total. The van der Waals surface area contributed by atoms with Crippen molar-refractivity contribution in [1.29, 1.82) is 0 Å². The number of hydrogen-bond donors (Lipinski definition) is 1. The average Bonchev–Trinajstić information content (AvgIpc) is 2.72. The lowest BCUT2D eigenvalue weighted by Gasteiger charge is -2.12. The molecule has 0 radical (unpaired) electrons. The minimum atomic E-state index is -0.360. The Balaban J connectivity index is 1.87. The molecule has 0 aliphatic rings. The lowest BCUT2D eigenvalue weighted by atomic mass is 10.1. The molecule has 0 spiro atoms. The van der Waals surface area contributed by atoms with E-state index in [1.807, 2.05) is 60.7 Å². The Kier molecular flexibility index (Phi) is 4.49. The molecule has 5 heteroatoms. The molecule has 2 heterocycles. The maximum absolute atomic E-state index is 13.1. The van der Waals surface area contributed by atoms with E-state index < -0.39 is 0 Å². The van der Waals surface area contributed by atoms with Gasteiger partial charge in [0.05, 0.1) is 17.6 Å². The molecule has 5 nitrogen and oxygen atoms in total. The van der Waals surface area contributed by atoms with Crippen molar-refractivity contribution in [2.24, 2.45) is 4.99 Å². The zero-order chi connectivity index (χ0) is 18.6. The zero-order valence-electron chi connectivity index (χ0n) is 14.5. The quantitative estimate of drug-likeness (QED) is 0.568. The van der Waals surface area contributed by atoms with E-state index in [9.17, 15) is 9.90 Å². The lowest BCUT2D eigenvalue weighted by molar-refractivity contribution is 0.479. The Labute approximate surface area is 155 Å². The summed E-state index contributed by atoms with van der Waals surface area (Å²) in [6.45, 7) is 0.427. The highest BCUT2D eigenvalue weighted by Crippen LogP contribution is 2.25. The second kappa shape index (κ2) is 7.25. The van der Waals surface area contributed by atoms with Crippen LogP contribution in [0.2, 0.25) is 0 Å². The SMILES string of the molecule is O=c1c(C=NCc2ccccc2)c(O)c2cccnc2n1-c1ccccc1. The van der Waals surface area contributed by atoms with E-state index in [0.29, 0.717) is 23.3 Å². The van der Waals surface area contributed by atoms with Gasteiger partial charge in [0.25, 0.3) is 5.56 Å². The molecule has 4 aromatic rings. The Bertz CT molecular complexity index is 1170. The summed E-state index contributed by atoms with van der Waals surface area (Å²) in [5, 5.41) is 11.2. The lowest BCUT2D eigenvalue weighted by Crippen LogP contribution is -2.23. The summed E-state index contributed by atoms with van der Waals surface area (Å²) in [5.74, 6) is -0.105. The molecule has 0 atom stereocenters. The Morgan fingerprint density at radius 2 is 1.67 bits per heavy atom. The van der Waals surface area contributed by atoms with Crippen LogP contribution in [0.5, 0.6) is 5.75 Å². The third-order valence-electron chi connectivity index (χ3n) is 4.29. The van der Waals surface area contributed by atoms with Crippen molar-refractivity contribution >= 4 is 17.2 Å². The standard InChI is InChI=1S/C22H17N3O2/c26-20-18-12-7-13-24-21(18)25(17-10-5-2-6-11-17)22(27)19(20)15-23-14-16-8-3-1-4-9-16/h1-13,15,26H,14H2. The average molecular weight is 355 g/mol. The van der Waals surface area contributed by atoms with Gasteiger partial charge < -0.3 is 5.11 Å². The first-order valence-electron chi connectivity index (χ1n) is 8.57. The van der Waals surface area contributed by atoms with E-state index >= 15 is 0 Å². The fraction of sp³-hybridized carbons (Fsp3) is 0.0455. The fourth-order valence-electron chi connectivity index (χ4n) is 2.98. The third-order valence-corrected chi connectivity index (χ3v) is 4.29. The molecule has 0 saturated heterocycles. The van der Waals surface area contributed by atoms with Crippen LogP contribution in [0.1, 0.15) is 11.1 Å². The molecule has 0 saturated carbocycles. The van der Waals surface area contributed by atoms with Gasteiger partial charge in [-0.25, -0.2) is 4.98 Å². The smallest absolute Gasteiger partial charge is 0.269 e. The van der Waals surface area contributed by atoms with E-state index in [-0.39, 0.29) is 16.9 Å².